The minimum absolute atomic E-state index is 0.100. The highest BCUT2D eigenvalue weighted by Gasteiger charge is 2.15. The molecule has 0 saturated carbocycles. The maximum atomic E-state index is 5.60. The molecule has 0 aromatic carbocycles. The molecule has 2 rings (SSSR count). The lowest BCUT2D eigenvalue weighted by molar-refractivity contribution is 0.0994. The normalized spacial score (nSPS) is 20.5. The average Bonchev–Trinajstić information content (AvgIpc) is 2.94. The van der Waals surface area contributed by atoms with Crippen molar-refractivity contribution in [3.63, 3.8) is 0 Å². The van der Waals surface area contributed by atoms with Crippen LogP contribution in [0, 0.1) is 0 Å². The van der Waals surface area contributed by atoms with Gasteiger partial charge < -0.3 is 10.1 Å². The number of aromatic nitrogens is 3. The molecule has 5 nitrogen and oxygen atoms in total. The fourth-order valence-electron chi connectivity index (χ4n) is 2.01. The van der Waals surface area contributed by atoms with Gasteiger partial charge in [-0.1, -0.05) is 0 Å². The number of rotatable bonds is 5. The van der Waals surface area contributed by atoms with Gasteiger partial charge >= 0.3 is 0 Å². The molecule has 0 amide bonds. The van der Waals surface area contributed by atoms with Crippen molar-refractivity contribution in [3.05, 3.63) is 12.2 Å². The van der Waals surface area contributed by atoms with Crippen molar-refractivity contribution >= 4 is 0 Å². The second-order valence-electron chi connectivity index (χ2n) is 5.95. The molecule has 0 spiro atoms. The summed E-state index contributed by atoms with van der Waals surface area (Å²) in [6.07, 6.45) is 5.66. The van der Waals surface area contributed by atoms with Crippen LogP contribution in [0.25, 0.3) is 0 Å². The van der Waals surface area contributed by atoms with Crippen LogP contribution in [-0.4, -0.2) is 33.0 Å². The third-order valence-electron chi connectivity index (χ3n) is 3.06. The minimum Gasteiger partial charge on any atom is -0.378 e. The van der Waals surface area contributed by atoms with E-state index in [2.05, 4.69) is 36.2 Å². The van der Waals surface area contributed by atoms with Crippen LogP contribution < -0.4 is 5.32 Å². The Morgan fingerprint density at radius 1 is 1.50 bits per heavy atom. The number of aryl methyl sites for hydroxylation is 1. The molecule has 1 N–H and O–H groups in total. The lowest BCUT2D eigenvalue weighted by atomic mass is 10.1. The molecule has 2 heterocycles. The Morgan fingerprint density at radius 3 is 3.00 bits per heavy atom. The quantitative estimate of drug-likeness (QED) is 0.867. The summed E-state index contributed by atoms with van der Waals surface area (Å²) in [5, 5.41) is 7.85. The summed E-state index contributed by atoms with van der Waals surface area (Å²) in [7, 11) is 0. The number of hydrogen-bond donors (Lipinski definition) is 1. The van der Waals surface area contributed by atoms with E-state index in [4.69, 9.17) is 4.74 Å². The Morgan fingerprint density at radius 2 is 2.33 bits per heavy atom. The van der Waals surface area contributed by atoms with Crippen LogP contribution in [0.4, 0.5) is 0 Å². The summed E-state index contributed by atoms with van der Waals surface area (Å²) in [4.78, 5) is 4.31. The van der Waals surface area contributed by atoms with Crippen molar-refractivity contribution in [2.75, 3.05) is 6.61 Å². The Labute approximate surface area is 109 Å². The molecule has 1 aliphatic rings. The fraction of sp³-hybridized carbons (Fsp3) is 0.846. The highest BCUT2D eigenvalue weighted by molar-refractivity contribution is 4.84. The first-order valence-electron chi connectivity index (χ1n) is 6.78. The van der Waals surface area contributed by atoms with Crippen LogP contribution in [0.3, 0.4) is 0 Å². The molecule has 0 aliphatic carbocycles. The Balaban J connectivity index is 1.75. The predicted octanol–water partition coefficient (Wildman–Crippen LogP) is 1.74. The summed E-state index contributed by atoms with van der Waals surface area (Å²) in [6, 6.07) is 0. The Hall–Kier alpha value is -0.940. The largest absolute Gasteiger partial charge is 0.378 e. The lowest BCUT2D eigenvalue weighted by Crippen LogP contribution is -2.35. The lowest BCUT2D eigenvalue weighted by Gasteiger charge is -2.19. The van der Waals surface area contributed by atoms with Gasteiger partial charge in [0.25, 0.3) is 0 Å². The highest BCUT2D eigenvalue weighted by atomic mass is 16.5. The van der Waals surface area contributed by atoms with E-state index in [1.54, 1.807) is 0 Å². The SMILES string of the molecule is CC(C)(C)NCc1ncn(CCC2CCCO2)n1. The number of nitrogens with zero attached hydrogens (tertiary/aromatic N) is 3. The van der Waals surface area contributed by atoms with Gasteiger partial charge in [-0.2, -0.15) is 5.10 Å². The van der Waals surface area contributed by atoms with E-state index in [0.29, 0.717) is 6.10 Å². The zero-order valence-electron chi connectivity index (χ0n) is 11.6. The van der Waals surface area contributed by atoms with Gasteiger partial charge in [0.15, 0.2) is 5.82 Å². The summed E-state index contributed by atoms with van der Waals surface area (Å²) >= 11 is 0. The van der Waals surface area contributed by atoms with Gasteiger partial charge in [-0.3, -0.25) is 4.68 Å². The van der Waals surface area contributed by atoms with Gasteiger partial charge in [0, 0.05) is 18.7 Å². The number of nitrogens with one attached hydrogen (secondary N) is 1. The predicted molar refractivity (Wildman–Crippen MR) is 70.2 cm³/mol. The Bertz CT molecular complexity index is 363. The van der Waals surface area contributed by atoms with Crippen molar-refractivity contribution in [1.82, 2.24) is 20.1 Å². The maximum Gasteiger partial charge on any atom is 0.164 e. The van der Waals surface area contributed by atoms with Crippen LogP contribution in [-0.2, 0) is 17.8 Å². The highest BCUT2D eigenvalue weighted by Crippen LogP contribution is 2.15. The molecule has 0 bridgehead atoms. The molecule has 1 fully saturated rings. The van der Waals surface area contributed by atoms with Gasteiger partial charge in [0.05, 0.1) is 12.6 Å². The van der Waals surface area contributed by atoms with E-state index in [0.717, 1.165) is 31.9 Å². The van der Waals surface area contributed by atoms with Gasteiger partial charge in [-0.05, 0) is 40.0 Å². The van der Waals surface area contributed by atoms with Gasteiger partial charge in [0.1, 0.15) is 6.33 Å². The fourth-order valence-corrected chi connectivity index (χ4v) is 2.01. The number of hydrogen-bond acceptors (Lipinski definition) is 4. The van der Waals surface area contributed by atoms with Gasteiger partial charge in [0.2, 0.25) is 0 Å². The molecule has 1 saturated heterocycles. The minimum atomic E-state index is 0.100. The Kier molecular flexibility index (Phi) is 4.35. The maximum absolute atomic E-state index is 5.60. The van der Waals surface area contributed by atoms with Gasteiger partial charge in [-0.25, -0.2) is 4.98 Å². The third kappa shape index (κ3) is 4.38. The zero-order valence-corrected chi connectivity index (χ0v) is 11.6. The topological polar surface area (TPSA) is 52.0 Å². The van der Waals surface area contributed by atoms with Crippen LogP contribution in [0.1, 0.15) is 45.9 Å². The molecule has 1 aromatic rings. The molecule has 0 radical (unpaired) electrons. The second-order valence-corrected chi connectivity index (χ2v) is 5.95. The van der Waals surface area contributed by atoms with Crippen LogP contribution in [0.5, 0.6) is 0 Å². The molecule has 1 aromatic heterocycles. The molecule has 18 heavy (non-hydrogen) atoms. The van der Waals surface area contributed by atoms with Gasteiger partial charge in [-0.15, -0.1) is 0 Å². The average molecular weight is 252 g/mol. The van der Waals surface area contributed by atoms with E-state index in [1.165, 1.54) is 12.8 Å². The molecular formula is C13H24N4O. The van der Waals surface area contributed by atoms with Crippen LogP contribution in [0.2, 0.25) is 0 Å². The molecule has 5 heteroatoms. The van der Waals surface area contributed by atoms with E-state index in [9.17, 15) is 0 Å². The summed E-state index contributed by atoms with van der Waals surface area (Å²) in [5.41, 5.74) is 0.100. The second kappa shape index (κ2) is 5.80. The summed E-state index contributed by atoms with van der Waals surface area (Å²) < 4.78 is 7.52. The van der Waals surface area contributed by atoms with Crippen molar-refractivity contribution in [2.24, 2.45) is 0 Å². The summed E-state index contributed by atoms with van der Waals surface area (Å²) in [6.45, 7) is 8.96. The first-order valence-corrected chi connectivity index (χ1v) is 6.78. The van der Waals surface area contributed by atoms with Crippen molar-refractivity contribution in [3.8, 4) is 0 Å². The smallest absolute Gasteiger partial charge is 0.164 e. The molecular weight excluding hydrogens is 228 g/mol. The third-order valence-corrected chi connectivity index (χ3v) is 3.06. The first kappa shape index (κ1) is 13.5. The number of ether oxygens (including phenoxy) is 1. The van der Waals surface area contributed by atoms with Crippen molar-refractivity contribution in [2.45, 2.75) is 64.8 Å². The van der Waals surface area contributed by atoms with Crippen molar-refractivity contribution in [1.29, 1.82) is 0 Å². The zero-order chi connectivity index (χ0) is 13.0. The van der Waals surface area contributed by atoms with E-state index in [1.807, 2.05) is 11.0 Å². The summed E-state index contributed by atoms with van der Waals surface area (Å²) in [5.74, 6) is 0.859. The molecule has 1 aliphatic heterocycles. The molecule has 1 unspecified atom stereocenters. The molecule has 1 atom stereocenters. The van der Waals surface area contributed by atoms with Crippen LogP contribution >= 0.6 is 0 Å². The van der Waals surface area contributed by atoms with Crippen LogP contribution in [0.15, 0.2) is 6.33 Å². The van der Waals surface area contributed by atoms with Crippen molar-refractivity contribution < 1.29 is 4.74 Å². The molecule has 102 valence electrons. The van der Waals surface area contributed by atoms with E-state index < -0.39 is 0 Å². The van der Waals surface area contributed by atoms with E-state index in [-0.39, 0.29) is 5.54 Å². The first-order chi connectivity index (χ1) is 8.53. The monoisotopic (exact) mass is 252 g/mol. The standard InChI is InChI=1S/C13H24N4O/c1-13(2,3)15-9-12-14-10-17(16-12)7-6-11-5-4-8-18-11/h10-11,15H,4-9H2,1-3H3. The van der Waals surface area contributed by atoms with E-state index >= 15 is 0 Å².